The first-order valence-electron chi connectivity index (χ1n) is 8.06. The van der Waals surface area contributed by atoms with E-state index in [-0.39, 0.29) is 0 Å². The van der Waals surface area contributed by atoms with Crippen LogP contribution < -0.4 is 0 Å². The molecule has 0 nitrogen and oxygen atoms in total. The number of rotatable bonds is 6. The first-order chi connectivity index (χ1) is 8.40. The van der Waals surface area contributed by atoms with Crippen LogP contribution in [0, 0.1) is 29.6 Å². The molecule has 1 aliphatic rings. The standard InChI is InChI=1S/C18H34/c1-13(2)7-8-15(5)11-17-12-16(6)9-10-18(17)14(3)4/h13-14,16-18H,5,7-12H2,1-4,6H3. The first-order valence-corrected chi connectivity index (χ1v) is 8.06. The Morgan fingerprint density at radius 3 is 2.39 bits per heavy atom. The largest absolute Gasteiger partial charge is 0.0999 e. The van der Waals surface area contributed by atoms with Crippen molar-refractivity contribution in [1.29, 1.82) is 0 Å². The van der Waals surface area contributed by atoms with Crippen molar-refractivity contribution in [3.63, 3.8) is 0 Å². The molecule has 0 heterocycles. The summed E-state index contributed by atoms with van der Waals surface area (Å²) in [7, 11) is 0. The lowest BCUT2D eigenvalue weighted by atomic mass is 9.68. The maximum Gasteiger partial charge on any atom is -0.0292 e. The molecule has 0 aromatic carbocycles. The minimum atomic E-state index is 0.813. The minimum Gasteiger partial charge on any atom is -0.0999 e. The molecule has 0 heteroatoms. The summed E-state index contributed by atoms with van der Waals surface area (Å²) in [6.45, 7) is 16.2. The second kappa shape index (κ2) is 7.36. The Morgan fingerprint density at radius 1 is 1.17 bits per heavy atom. The lowest BCUT2D eigenvalue weighted by molar-refractivity contribution is 0.143. The van der Waals surface area contributed by atoms with Gasteiger partial charge < -0.3 is 0 Å². The third kappa shape index (κ3) is 5.16. The van der Waals surface area contributed by atoms with E-state index >= 15 is 0 Å². The van der Waals surface area contributed by atoms with Gasteiger partial charge in [-0.1, -0.05) is 53.2 Å². The SMILES string of the molecule is C=C(CCC(C)C)CC1CC(C)CCC1C(C)C. The fourth-order valence-corrected chi connectivity index (χ4v) is 3.60. The van der Waals surface area contributed by atoms with Crippen LogP contribution in [0.25, 0.3) is 0 Å². The maximum absolute atomic E-state index is 4.34. The van der Waals surface area contributed by atoms with Gasteiger partial charge in [-0.2, -0.15) is 0 Å². The van der Waals surface area contributed by atoms with Crippen molar-refractivity contribution in [2.45, 2.75) is 73.1 Å². The fraction of sp³-hybridized carbons (Fsp3) is 0.889. The van der Waals surface area contributed by atoms with Gasteiger partial charge in [0.1, 0.15) is 0 Å². The van der Waals surface area contributed by atoms with Gasteiger partial charge in [0.05, 0.1) is 0 Å². The molecular weight excluding hydrogens is 216 g/mol. The Kier molecular flexibility index (Phi) is 6.46. The maximum atomic E-state index is 4.34. The third-order valence-corrected chi connectivity index (χ3v) is 4.79. The van der Waals surface area contributed by atoms with Crippen molar-refractivity contribution >= 4 is 0 Å². The van der Waals surface area contributed by atoms with Crippen LogP contribution in [0.15, 0.2) is 12.2 Å². The number of hydrogen-bond donors (Lipinski definition) is 0. The van der Waals surface area contributed by atoms with E-state index in [1.807, 2.05) is 0 Å². The van der Waals surface area contributed by atoms with Crippen LogP contribution in [0.1, 0.15) is 73.1 Å². The quantitative estimate of drug-likeness (QED) is 0.501. The molecule has 3 unspecified atom stereocenters. The Morgan fingerprint density at radius 2 is 1.83 bits per heavy atom. The van der Waals surface area contributed by atoms with E-state index in [1.165, 1.54) is 44.1 Å². The van der Waals surface area contributed by atoms with Gasteiger partial charge in [-0.05, 0) is 61.7 Å². The normalized spacial score (nSPS) is 28.9. The molecule has 0 saturated heterocycles. The topological polar surface area (TPSA) is 0 Å². The van der Waals surface area contributed by atoms with Crippen LogP contribution >= 0.6 is 0 Å². The summed E-state index contributed by atoms with van der Waals surface area (Å²) >= 11 is 0. The first kappa shape index (κ1) is 15.8. The molecule has 0 bridgehead atoms. The zero-order chi connectivity index (χ0) is 13.7. The summed E-state index contributed by atoms with van der Waals surface area (Å²) in [6, 6.07) is 0. The monoisotopic (exact) mass is 250 g/mol. The smallest absolute Gasteiger partial charge is 0.0292 e. The van der Waals surface area contributed by atoms with E-state index < -0.39 is 0 Å². The summed E-state index contributed by atoms with van der Waals surface area (Å²) in [5, 5.41) is 0. The second-order valence-corrected chi connectivity index (χ2v) is 7.47. The van der Waals surface area contributed by atoms with Crippen molar-refractivity contribution < 1.29 is 0 Å². The number of allylic oxidation sites excluding steroid dienone is 1. The molecule has 0 radical (unpaired) electrons. The molecule has 0 aliphatic heterocycles. The van der Waals surface area contributed by atoms with Crippen molar-refractivity contribution in [2.75, 3.05) is 0 Å². The molecule has 0 aromatic rings. The zero-order valence-corrected chi connectivity index (χ0v) is 13.3. The summed E-state index contributed by atoms with van der Waals surface area (Å²) in [6.07, 6.45) is 8.17. The molecule has 0 amide bonds. The van der Waals surface area contributed by atoms with E-state index in [9.17, 15) is 0 Å². The van der Waals surface area contributed by atoms with Gasteiger partial charge in [-0.25, -0.2) is 0 Å². The summed E-state index contributed by atoms with van der Waals surface area (Å²) < 4.78 is 0. The molecule has 0 aromatic heterocycles. The molecule has 18 heavy (non-hydrogen) atoms. The molecule has 1 saturated carbocycles. The minimum absolute atomic E-state index is 0.813. The average Bonchev–Trinajstić information content (AvgIpc) is 2.26. The Bertz CT molecular complexity index is 249. The van der Waals surface area contributed by atoms with Crippen molar-refractivity contribution in [3.05, 3.63) is 12.2 Å². The van der Waals surface area contributed by atoms with E-state index in [1.54, 1.807) is 0 Å². The molecule has 106 valence electrons. The fourth-order valence-electron chi connectivity index (χ4n) is 3.60. The van der Waals surface area contributed by atoms with E-state index in [2.05, 4.69) is 41.2 Å². The van der Waals surface area contributed by atoms with Crippen LogP contribution in [0.4, 0.5) is 0 Å². The average molecular weight is 250 g/mol. The highest BCUT2D eigenvalue weighted by atomic mass is 14.4. The Hall–Kier alpha value is -0.260. The van der Waals surface area contributed by atoms with Crippen molar-refractivity contribution in [2.24, 2.45) is 29.6 Å². The Labute approximate surface area is 115 Å². The van der Waals surface area contributed by atoms with Crippen LogP contribution in [0.2, 0.25) is 0 Å². The lowest BCUT2D eigenvalue weighted by Gasteiger charge is -2.38. The van der Waals surface area contributed by atoms with E-state index in [0.717, 1.165) is 29.6 Å². The van der Waals surface area contributed by atoms with Gasteiger partial charge in [-0.15, -0.1) is 0 Å². The van der Waals surface area contributed by atoms with E-state index in [4.69, 9.17) is 0 Å². The Balaban J connectivity index is 2.47. The third-order valence-electron chi connectivity index (χ3n) is 4.79. The molecule has 0 spiro atoms. The van der Waals surface area contributed by atoms with E-state index in [0.29, 0.717) is 0 Å². The van der Waals surface area contributed by atoms with Gasteiger partial charge >= 0.3 is 0 Å². The molecule has 1 rings (SSSR count). The zero-order valence-electron chi connectivity index (χ0n) is 13.3. The molecule has 1 aliphatic carbocycles. The molecule has 0 N–H and O–H groups in total. The lowest BCUT2D eigenvalue weighted by Crippen LogP contribution is -2.28. The van der Waals surface area contributed by atoms with Gasteiger partial charge in [0.15, 0.2) is 0 Å². The second-order valence-electron chi connectivity index (χ2n) is 7.47. The summed E-state index contributed by atoms with van der Waals surface area (Å²) in [4.78, 5) is 0. The molecule has 3 atom stereocenters. The number of hydrogen-bond acceptors (Lipinski definition) is 0. The van der Waals surface area contributed by atoms with Gasteiger partial charge in [-0.3, -0.25) is 0 Å². The van der Waals surface area contributed by atoms with Crippen molar-refractivity contribution in [3.8, 4) is 0 Å². The van der Waals surface area contributed by atoms with Crippen LogP contribution in [-0.2, 0) is 0 Å². The predicted molar refractivity (Wildman–Crippen MR) is 82.7 cm³/mol. The van der Waals surface area contributed by atoms with Crippen LogP contribution in [0.5, 0.6) is 0 Å². The van der Waals surface area contributed by atoms with Crippen molar-refractivity contribution in [1.82, 2.24) is 0 Å². The highest BCUT2D eigenvalue weighted by Gasteiger charge is 2.30. The highest BCUT2D eigenvalue weighted by molar-refractivity contribution is 4.98. The van der Waals surface area contributed by atoms with Gasteiger partial charge in [0, 0.05) is 0 Å². The molecule has 1 fully saturated rings. The van der Waals surface area contributed by atoms with Crippen LogP contribution in [-0.4, -0.2) is 0 Å². The highest BCUT2D eigenvalue weighted by Crippen LogP contribution is 2.41. The molecular formula is C18H34. The summed E-state index contributed by atoms with van der Waals surface area (Å²) in [5.74, 6) is 4.45. The summed E-state index contributed by atoms with van der Waals surface area (Å²) in [5.41, 5.74) is 1.51. The van der Waals surface area contributed by atoms with Crippen LogP contribution in [0.3, 0.4) is 0 Å². The van der Waals surface area contributed by atoms with Gasteiger partial charge in [0.2, 0.25) is 0 Å². The van der Waals surface area contributed by atoms with Gasteiger partial charge in [0.25, 0.3) is 0 Å². The predicted octanol–water partition coefficient (Wildman–Crippen LogP) is 6.08.